The van der Waals surface area contributed by atoms with Crippen LogP contribution < -0.4 is 10.6 Å². The largest absolute Gasteiger partial charge is 0.380 e. The molecule has 2 rings (SSSR count). The minimum atomic E-state index is -0.437. The maximum Gasteiger partial charge on any atom is 0.252 e. The molecule has 5 heteroatoms. The number of rotatable bonds is 3. The third-order valence-electron chi connectivity index (χ3n) is 3.12. The number of nitrogens with zero attached hydrogens (tertiary/aromatic N) is 2. The molecule has 2 heterocycles. The first-order valence-electron chi connectivity index (χ1n) is 5.74. The van der Waals surface area contributed by atoms with Crippen LogP contribution in [0.25, 0.3) is 0 Å². The fraction of sp³-hybridized carbons (Fsp3) is 0.500. The highest BCUT2D eigenvalue weighted by Gasteiger charge is 2.22. The molecule has 1 aromatic heterocycles. The standard InChI is InChI=1S/C12H17N3O2/c1-17-9-3-2-6-15(8-9)11-4-5-14-7-10(11)12(13)16/h4-5,7,9H,2-3,6,8H2,1H3,(H2,13,16). The summed E-state index contributed by atoms with van der Waals surface area (Å²) >= 11 is 0. The topological polar surface area (TPSA) is 68.4 Å². The van der Waals surface area contributed by atoms with E-state index in [1.807, 2.05) is 6.07 Å². The monoisotopic (exact) mass is 235 g/mol. The quantitative estimate of drug-likeness (QED) is 0.841. The summed E-state index contributed by atoms with van der Waals surface area (Å²) in [5, 5.41) is 0. The molecule has 1 fully saturated rings. The molecule has 1 aliphatic heterocycles. The number of amides is 1. The van der Waals surface area contributed by atoms with Crippen molar-refractivity contribution in [3.8, 4) is 0 Å². The number of pyridine rings is 1. The average molecular weight is 235 g/mol. The van der Waals surface area contributed by atoms with E-state index in [1.54, 1.807) is 13.3 Å². The maximum absolute atomic E-state index is 11.3. The average Bonchev–Trinajstić information content (AvgIpc) is 2.39. The Morgan fingerprint density at radius 1 is 1.65 bits per heavy atom. The first kappa shape index (κ1) is 11.9. The van der Waals surface area contributed by atoms with E-state index in [0.717, 1.165) is 31.6 Å². The second-order valence-electron chi connectivity index (χ2n) is 4.20. The van der Waals surface area contributed by atoms with Gasteiger partial charge in [-0.1, -0.05) is 0 Å². The highest BCUT2D eigenvalue weighted by molar-refractivity contribution is 5.98. The number of hydrogen-bond donors (Lipinski definition) is 1. The van der Waals surface area contributed by atoms with Crippen molar-refractivity contribution in [1.29, 1.82) is 0 Å². The molecular formula is C12H17N3O2. The molecule has 5 nitrogen and oxygen atoms in total. The van der Waals surface area contributed by atoms with E-state index in [-0.39, 0.29) is 6.10 Å². The Labute approximate surface area is 101 Å². The highest BCUT2D eigenvalue weighted by Crippen LogP contribution is 2.23. The summed E-state index contributed by atoms with van der Waals surface area (Å²) in [4.78, 5) is 17.4. The molecule has 0 radical (unpaired) electrons. The van der Waals surface area contributed by atoms with Gasteiger partial charge in [-0.05, 0) is 18.9 Å². The third-order valence-corrected chi connectivity index (χ3v) is 3.12. The van der Waals surface area contributed by atoms with Crippen LogP contribution in [0.3, 0.4) is 0 Å². The van der Waals surface area contributed by atoms with Crippen molar-refractivity contribution in [2.45, 2.75) is 18.9 Å². The van der Waals surface area contributed by atoms with Gasteiger partial charge in [0, 0.05) is 32.6 Å². The number of aromatic nitrogens is 1. The molecule has 0 aromatic carbocycles. The van der Waals surface area contributed by atoms with Crippen molar-refractivity contribution in [1.82, 2.24) is 4.98 Å². The Kier molecular flexibility index (Phi) is 3.58. The first-order chi connectivity index (χ1) is 8.22. The van der Waals surface area contributed by atoms with Gasteiger partial charge in [-0.3, -0.25) is 9.78 Å². The fourth-order valence-electron chi connectivity index (χ4n) is 2.20. The molecule has 0 aliphatic carbocycles. The zero-order chi connectivity index (χ0) is 12.3. The maximum atomic E-state index is 11.3. The van der Waals surface area contributed by atoms with Crippen molar-refractivity contribution in [2.75, 3.05) is 25.1 Å². The fourth-order valence-corrected chi connectivity index (χ4v) is 2.20. The van der Waals surface area contributed by atoms with E-state index >= 15 is 0 Å². The van der Waals surface area contributed by atoms with Crippen LogP contribution in [0.15, 0.2) is 18.5 Å². The Bertz CT molecular complexity index is 408. The van der Waals surface area contributed by atoms with Gasteiger partial charge in [0.2, 0.25) is 0 Å². The zero-order valence-electron chi connectivity index (χ0n) is 9.93. The van der Waals surface area contributed by atoms with Gasteiger partial charge in [-0.15, -0.1) is 0 Å². The Hall–Kier alpha value is -1.62. The van der Waals surface area contributed by atoms with Gasteiger partial charge in [0.15, 0.2) is 0 Å². The molecule has 1 amide bonds. The van der Waals surface area contributed by atoms with Crippen LogP contribution in [0.2, 0.25) is 0 Å². The molecule has 1 unspecified atom stereocenters. The van der Waals surface area contributed by atoms with Crippen molar-refractivity contribution in [3.05, 3.63) is 24.0 Å². The number of methoxy groups -OCH3 is 1. The molecule has 1 aliphatic rings. The molecule has 1 aromatic rings. The number of anilines is 1. The van der Waals surface area contributed by atoms with Gasteiger partial charge in [0.05, 0.1) is 17.4 Å². The molecule has 17 heavy (non-hydrogen) atoms. The number of nitrogens with two attached hydrogens (primary N) is 1. The molecule has 92 valence electrons. The SMILES string of the molecule is COC1CCCN(c2ccncc2C(N)=O)C1. The van der Waals surface area contributed by atoms with Crippen molar-refractivity contribution >= 4 is 11.6 Å². The minimum Gasteiger partial charge on any atom is -0.380 e. The summed E-state index contributed by atoms with van der Waals surface area (Å²) in [7, 11) is 1.72. The van der Waals surface area contributed by atoms with E-state index in [2.05, 4.69) is 9.88 Å². The number of carbonyl (C=O) groups is 1. The van der Waals surface area contributed by atoms with Crippen LogP contribution in [0.5, 0.6) is 0 Å². The zero-order valence-corrected chi connectivity index (χ0v) is 9.93. The third kappa shape index (κ3) is 2.55. The molecule has 0 spiro atoms. The normalized spacial score (nSPS) is 20.3. The molecule has 0 bridgehead atoms. The van der Waals surface area contributed by atoms with Gasteiger partial charge >= 0.3 is 0 Å². The van der Waals surface area contributed by atoms with Crippen LogP contribution in [0, 0.1) is 0 Å². The van der Waals surface area contributed by atoms with Crippen molar-refractivity contribution in [2.24, 2.45) is 5.73 Å². The predicted molar refractivity (Wildman–Crippen MR) is 65.0 cm³/mol. The molecule has 1 saturated heterocycles. The van der Waals surface area contributed by atoms with E-state index in [0.29, 0.717) is 5.56 Å². The lowest BCUT2D eigenvalue weighted by Crippen LogP contribution is -2.40. The van der Waals surface area contributed by atoms with Crippen LogP contribution in [-0.2, 0) is 4.74 Å². The Balaban J connectivity index is 2.24. The molecule has 0 saturated carbocycles. The number of primary amides is 1. The predicted octanol–water partition coefficient (Wildman–Crippen LogP) is 0.796. The van der Waals surface area contributed by atoms with Crippen LogP contribution in [0.1, 0.15) is 23.2 Å². The Morgan fingerprint density at radius 2 is 2.47 bits per heavy atom. The van der Waals surface area contributed by atoms with Crippen molar-refractivity contribution < 1.29 is 9.53 Å². The van der Waals surface area contributed by atoms with E-state index in [4.69, 9.17) is 10.5 Å². The minimum absolute atomic E-state index is 0.220. The lowest BCUT2D eigenvalue weighted by molar-refractivity contribution is 0.0890. The first-order valence-corrected chi connectivity index (χ1v) is 5.74. The summed E-state index contributed by atoms with van der Waals surface area (Å²) in [6.45, 7) is 1.71. The summed E-state index contributed by atoms with van der Waals surface area (Å²) in [6.07, 6.45) is 5.53. The van der Waals surface area contributed by atoms with Crippen LogP contribution in [0.4, 0.5) is 5.69 Å². The van der Waals surface area contributed by atoms with Gasteiger partial charge in [-0.2, -0.15) is 0 Å². The second-order valence-corrected chi connectivity index (χ2v) is 4.20. The Morgan fingerprint density at radius 3 is 3.18 bits per heavy atom. The molecule has 2 N–H and O–H groups in total. The molecular weight excluding hydrogens is 218 g/mol. The van der Waals surface area contributed by atoms with Crippen molar-refractivity contribution in [3.63, 3.8) is 0 Å². The van der Waals surface area contributed by atoms with E-state index in [9.17, 15) is 4.79 Å². The van der Waals surface area contributed by atoms with Crippen LogP contribution >= 0.6 is 0 Å². The summed E-state index contributed by atoms with van der Waals surface area (Å²) in [6, 6.07) is 1.83. The number of ether oxygens (including phenoxy) is 1. The number of carbonyl (C=O) groups excluding carboxylic acids is 1. The second kappa shape index (κ2) is 5.14. The smallest absolute Gasteiger partial charge is 0.252 e. The molecule has 1 atom stereocenters. The summed E-state index contributed by atoms with van der Waals surface area (Å²) < 4.78 is 5.37. The summed E-state index contributed by atoms with van der Waals surface area (Å²) in [5.74, 6) is -0.437. The van der Waals surface area contributed by atoms with Crippen LogP contribution in [-0.4, -0.2) is 37.2 Å². The van der Waals surface area contributed by atoms with Gasteiger partial charge in [0.25, 0.3) is 5.91 Å². The van der Waals surface area contributed by atoms with Gasteiger partial charge < -0.3 is 15.4 Å². The number of hydrogen-bond acceptors (Lipinski definition) is 4. The van der Waals surface area contributed by atoms with E-state index < -0.39 is 5.91 Å². The van der Waals surface area contributed by atoms with Gasteiger partial charge in [-0.25, -0.2) is 0 Å². The summed E-state index contributed by atoms with van der Waals surface area (Å²) in [5.41, 5.74) is 6.68. The lowest BCUT2D eigenvalue weighted by Gasteiger charge is -2.34. The van der Waals surface area contributed by atoms with Gasteiger partial charge in [0.1, 0.15) is 0 Å². The highest BCUT2D eigenvalue weighted by atomic mass is 16.5. The van der Waals surface area contributed by atoms with E-state index in [1.165, 1.54) is 6.20 Å². The number of piperidine rings is 1. The lowest BCUT2D eigenvalue weighted by atomic mass is 10.1.